The van der Waals surface area contributed by atoms with E-state index in [1.54, 1.807) is 7.11 Å². The number of nitrogen functional groups attached to an aromatic ring is 1. The molecule has 88 valence electrons. The highest BCUT2D eigenvalue weighted by Crippen LogP contribution is 2.34. The van der Waals surface area contributed by atoms with E-state index in [-0.39, 0.29) is 0 Å². The number of rotatable bonds is 4. The Morgan fingerprint density at radius 2 is 2.12 bits per heavy atom. The van der Waals surface area contributed by atoms with E-state index < -0.39 is 0 Å². The van der Waals surface area contributed by atoms with E-state index in [0.29, 0.717) is 0 Å². The Bertz CT molecular complexity index is 348. The Hall–Kier alpha value is -0.830. The summed E-state index contributed by atoms with van der Waals surface area (Å²) in [6.45, 7) is 0. The molecule has 2 rings (SSSR count). The molecular formula is C13H19NOS. The lowest BCUT2D eigenvalue weighted by atomic mass is 10.2. The summed E-state index contributed by atoms with van der Waals surface area (Å²) in [5.41, 5.74) is 7.84. The third kappa shape index (κ3) is 2.85. The van der Waals surface area contributed by atoms with Crippen LogP contribution < -0.4 is 10.5 Å². The van der Waals surface area contributed by atoms with Crippen LogP contribution in [0.15, 0.2) is 18.2 Å². The standard InChI is InChI=1S/C13H19NOS/c1-15-13-7-6-11(14)8-10(13)9-16-12-4-2-3-5-12/h6-8,12H,2-5,9,14H2,1H3. The van der Waals surface area contributed by atoms with Gasteiger partial charge in [-0.3, -0.25) is 0 Å². The zero-order valence-electron chi connectivity index (χ0n) is 9.74. The minimum atomic E-state index is 0.822. The first-order chi connectivity index (χ1) is 7.79. The van der Waals surface area contributed by atoms with E-state index in [4.69, 9.17) is 10.5 Å². The van der Waals surface area contributed by atoms with Crippen LogP contribution in [0, 0.1) is 0 Å². The van der Waals surface area contributed by atoms with Crippen LogP contribution in [0.4, 0.5) is 5.69 Å². The molecule has 2 N–H and O–H groups in total. The van der Waals surface area contributed by atoms with E-state index in [1.807, 2.05) is 30.0 Å². The number of hydrogen-bond donors (Lipinski definition) is 1. The Labute approximate surface area is 102 Å². The van der Waals surface area contributed by atoms with Gasteiger partial charge >= 0.3 is 0 Å². The van der Waals surface area contributed by atoms with Crippen molar-refractivity contribution >= 4 is 17.4 Å². The van der Waals surface area contributed by atoms with Gasteiger partial charge in [0, 0.05) is 22.3 Å². The second-order valence-corrected chi connectivity index (χ2v) is 5.58. The van der Waals surface area contributed by atoms with E-state index in [9.17, 15) is 0 Å². The summed E-state index contributed by atoms with van der Waals surface area (Å²) >= 11 is 2.04. The second-order valence-electron chi connectivity index (χ2n) is 4.29. The summed E-state index contributed by atoms with van der Waals surface area (Å²) in [5.74, 6) is 1.97. The van der Waals surface area contributed by atoms with Gasteiger partial charge in [0.2, 0.25) is 0 Å². The van der Waals surface area contributed by atoms with E-state index in [2.05, 4.69) is 0 Å². The van der Waals surface area contributed by atoms with Crippen LogP contribution >= 0.6 is 11.8 Å². The Kier molecular flexibility index (Phi) is 3.99. The first-order valence-corrected chi connectivity index (χ1v) is 6.88. The summed E-state index contributed by atoms with van der Waals surface area (Å²) < 4.78 is 5.35. The zero-order valence-corrected chi connectivity index (χ0v) is 10.6. The number of thioether (sulfide) groups is 1. The first kappa shape index (κ1) is 11.6. The predicted molar refractivity (Wildman–Crippen MR) is 71.0 cm³/mol. The highest BCUT2D eigenvalue weighted by atomic mass is 32.2. The number of methoxy groups -OCH3 is 1. The molecular weight excluding hydrogens is 218 g/mol. The Morgan fingerprint density at radius 3 is 2.81 bits per heavy atom. The average molecular weight is 237 g/mol. The van der Waals surface area contributed by atoms with E-state index in [0.717, 1.165) is 22.4 Å². The van der Waals surface area contributed by atoms with Crippen LogP contribution in [0.2, 0.25) is 0 Å². The number of ether oxygens (including phenoxy) is 1. The summed E-state index contributed by atoms with van der Waals surface area (Å²) in [4.78, 5) is 0. The normalized spacial score (nSPS) is 16.6. The Morgan fingerprint density at radius 1 is 1.38 bits per heavy atom. The lowest BCUT2D eigenvalue weighted by molar-refractivity contribution is 0.411. The van der Waals surface area contributed by atoms with Gasteiger partial charge in [-0.2, -0.15) is 11.8 Å². The van der Waals surface area contributed by atoms with Gasteiger partial charge in [0.05, 0.1) is 7.11 Å². The molecule has 0 aliphatic heterocycles. The fourth-order valence-corrected chi connectivity index (χ4v) is 3.48. The van der Waals surface area contributed by atoms with Crippen molar-refractivity contribution in [3.63, 3.8) is 0 Å². The van der Waals surface area contributed by atoms with Crippen LogP contribution in [-0.2, 0) is 5.75 Å². The molecule has 0 unspecified atom stereocenters. The molecule has 1 saturated carbocycles. The summed E-state index contributed by atoms with van der Waals surface area (Å²) in [7, 11) is 1.72. The molecule has 16 heavy (non-hydrogen) atoms. The van der Waals surface area contributed by atoms with Gasteiger partial charge in [0.25, 0.3) is 0 Å². The maximum atomic E-state index is 5.80. The SMILES string of the molecule is COc1ccc(N)cc1CSC1CCCC1. The average Bonchev–Trinajstić information content (AvgIpc) is 2.79. The maximum Gasteiger partial charge on any atom is 0.123 e. The molecule has 3 heteroatoms. The highest BCUT2D eigenvalue weighted by Gasteiger charge is 2.16. The van der Waals surface area contributed by atoms with Crippen molar-refractivity contribution in [1.82, 2.24) is 0 Å². The molecule has 0 bridgehead atoms. The monoisotopic (exact) mass is 237 g/mol. The quantitative estimate of drug-likeness (QED) is 0.815. The lowest BCUT2D eigenvalue weighted by Crippen LogP contribution is -1.98. The minimum Gasteiger partial charge on any atom is -0.496 e. The van der Waals surface area contributed by atoms with Gasteiger partial charge < -0.3 is 10.5 Å². The Balaban J connectivity index is 1.98. The largest absolute Gasteiger partial charge is 0.496 e. The summed E-state index contributed by atoms with van der Waals surface area (Å²) in [5, 5.41) is 0.839. The molecule has 0 amide bonds. The van der Waals surface area contributed by atoms with Crippen molar-refractivity contribution in [3.8, 4) is 5.75 Å². The maximum absolute atomic E-state index is 5.80. The summed E-state index contributed by atoms with van der Waals surface area (Å²) in [6, 6.07) is 5.88. The van der Waals surface area contributed by atoms with Crippen molar-refractivity contribution in [1.29, 1.82) is 0 Å². The van der Waals surface area contributed by atoms with Crippen molar-refractivity contribution in [2.24, 2.45) is 0 Å². The van der Waals surface area contributed by atoms with Crippen molar-refractivity contribution < 1.29 is 4.74 Å². The minimum absolute atomic E-state index is 0.822. The third-order valence-corrected chi connectivity index (χ3v) is 4.50. The zero-order chi connectivity index (χ0) is 11.4. The smallest absolute Gasteiger partial charge is 0.123 e. The van der Waals surface area contributed by atoms with E-state index >= 15 is 0 Å². The van der Waals surface area contributed by atoms with Crippen molar-refractivity contribution in [3.05, 3.63) is 23.8 Å². The molecule has 1 aliphatic carbocycles. The van der Waals surface area contributed by atoms with Gasteiger partial charge in [-0.25, -0.2) is 0 Å². The van der Waals surface area contributed by atoms with Gasteiger partial charge in [0.15, 0.2) is 0 Å². The fourth-order valence-electron chi connectivity index (χ4n) is 2.17. The van der Waals surface area contributed by atoms with Crippen LogP contribution in [0.3, 0.4) is 0 Å². The molecule has 1 aliphatic rings. The van der Waals surface area contributed by atoms with Gasteiger partial charge in [-0.15, -0.1) is 0 Å². The van der Waals surface area contributed by atoms with Crippen molar-refractivity contribution in [2.45, 2.75) is 36.7 Å². The number of anilines is 1. The number of benzene rings is 1. The molecule has 0 aromatic heterocycles. The van der Waals surface area contributed by atoms with Gasteiger partial charge in [-0.05, 0) is 31.0 Å². The van der Waals surface area contributed by atoms with E-state index in [1.165, 1.54) is 31.2 Å². The molecule has 1 aromatic carbocycles. The molecule has 1 fully saturated rings. The van der Waals surface area contributed by atoms with Crippen LogP contribution in [0.5, 0.6) is 5.75 Å². The number of hydrogen-bond acceptors (Lipinski definition) is 3. The lowest BCUT2D eigenvalue weighted by Gasteiger charge is -2.12. The molecule has 0 spiro atoms. The topological polar surface area (TPSA) is 35.2 Å². The van der Waals surface area contributed by atoms with Gasteiger partial charge in [0.1, 0.15) is 5.75 Å². The highest BCUT2D eigenvalue weighted by molar-refractivity contribution is 7.99. The molecule has 2 nitrogen and oxygen atoms in total. The molecule has 1 aromatic rings. The molecule has 0 atom stereocenters. The van der Waals surface area contributed by atoms with Crippen LogP contribution in [0.25, 0.3) is 0 Å². The van der Waals surface area contributed by atoms with Crippen molar-refractivity contribution in [2.75, 3.05) is 12.8 Å². The molecule has 0 heterocycles. The fraction of sp³-hybridized carbons (Fsp3) is 0.538. The van der Waals surface area contributed by atoms with Gasteiger partial charge in [-0.1, -0.05) is 12.8 Å². The molecule has 0 radical (unpaired) electrons. The number of nitrogens with two attached hydrogens (primary N) is 1. The first-order valence-electron chi connectivity index (χ1n) is 5.83. The summed E-state index contributed by atoms with van der Waals surface area (Å²) in [6.07, 6.45) is 5.53. The van der Waals surface area contributed by atoms with Crippen LogP contribution in [0.1, 0.15) is 31.2 Å². The molecule has 0 saturated heterocycles. The predicted octanol–water partition coefficient (Wildman–Crippen LogP) is 3.45. The van der Waals surface area contributed by atoms with Crippen LogP contribution in [-0.4, -0.2) is 12.4 Å². The third-order valence-electron chi connectivity index (χ3n) is 3.08. The second kappa shape index (κ2) is 5.48.